The summed E-state index contributed by atoms with van der Waals surface area (Å²) in [5, 5.41) is 4.00. The van der Waals surface area contributed by atoms with Crippen molar-refractivity contribution in [2.75, 3.05) is 5.75 Å². The van der Waals surface area contributed by atoms with Crippen LogP contribution in [0.15, 0.2) is 58.5 Å². The Balaban J connectivity index is 1.44. The molecular formula is C20H17ClN4O2S. The average Bonchev–Trinajstić information content (AvgIpc) is 3.01. The van der Waals surface area contributed by atoms with Crippen LogP contribution in [-0.2, 0) is 16.1 Å². The Hall–Kier alpha value is -2.64. The van der Waals surface area contributed by atoms with Crippen LogP contribution in [0.25, 0.3) is 0 Å². The lowest BCUT2D eigenvalue weighted by Crippen LogP contribution is -2.41. The first-order chi connectivity index (χ1) is 13.5. The van der Waals surface area contributed by atoms with Crippen molar-refractivity contribution in [3.63, 3.8) is 0 Å². The first kappa shape index (κ1) is 18.7. The highest BCUT2D eigenvalue weighted by atomic mass is 35.5. The normalized spacial score (nSPS) is 17.6. The molecule has 28 heavy (non-hydrogen) atoms. The van der Waals surface area contributed by atoms with Gasteiger partial charge in [0.05, 0.1) is 11.4 Å². The van der Waals surface area contributed by atoms with E-state index in [1.807, 2.05) is 36.4 Å². The van der Waals surface area contributed by atoms with Gasteiger partial charge in [-0.1, -0.05) is 47.6 Å². The summed E-state index contributed by atoms with van der Waals surface area (Å²) in [4.78, 5) is 35.4. The zero-order chi connectivity index (χ0) is 19.7. The molecule has 1 N–H and O–H groups in total. The number of rotatable bonds is 4. The number of carbonyl (C=O) groups excluding carboxylic acids is 2. The Morgan fingerprint density at radius 2 is 1.96 bits per heavy atom. The number of para-hydroxylation sites is 1. The first-order valence-corrected chi connectivity index (χ1v) is 10.1. The van der Waals surface area contributed by atoms with Gasteiger partial charge in [0.2, 0.25) is 5.91 Å². The maximum absolute atomic E-state index is 12.5. The van der Waals surface area contributed by atoms with E-state index >= 15 is 0 Å². The number of hydrogen-bond donors (Lipinski definition) is 1. The SMILES string of the molecule is CC1N=C2c3ccccc3N=C(SCC(=O)NCc3ccc(Cl)cc3)N2C1=O. The molecular weight excluding hydrogens is 396 g/mol. The molecule has 0 fully saturated rings. The number of nitrogens with zero attached hydrogens (tertiary/aromatic N) is 3. The molecule has 2 aliphatic heterocycles. The Labute approximate surface area is 171 Å². The molecule has 8 heteroatoms. The number of nitrogens with one attached hydrogen (secondary N) is 1. The molecule has 6 nitrogen and oxygen atoms in total. The van der Waals surface area contributed by atoms with E-state index in [4.69, 9.17) is 11.6 Å². The molecule has 1 atom stereocenters. The molecule has 0 saturated carbocycles. The van der Waals surface area contributed by atoms with Crippen LogP contribution in [0.2, 0.25) is 5.02 Å². The third kappa shape index (κ3) is 3.68. The molecule has 0 aliphatic carbocycles. The standard InChI is InChI=1S/C20H17ClN4O2S/c1-12-19(27)25-18(23-12)15-4-2-3-5-16(15)24-20(25)28-11-17(26)22-10-13-6-8-14(21)9-7-13/h2-9,12H,10-11H2,1H3,(H,22,26). The van der Waals surface area contributed by atoms with Crippen LogP contribution in [0.4, 0.5) is 5.69 Å². The second kappa shape index (κ2) is 7.77. The summed E-state index contributed by atoms with van der Waals surface area (Å²) in [5.41, 5.74) is 2.55. The lowest BCUT2D eigenvalue weighted by Gasteiger charge is -2.25. The predicted molar refractivity (Wildman–Crippen MR) is 112 cm³/mol. The van der Waals surface area contributed by atoms with Crippen molar-refractivity contribution in [3.8, 4) is 0 Å². The summed E-state index contributed by atoms with van der Waals surface area (Å²) in [6.07, 6.45) is 0. The van der Waals surface area contributed by atoms with Gasteiger partial charge in [-0.2, -0.15) is 0 Å². The largest absolute Gasteiger partial charge is 0.351 e. The van der Waals surface area contributed by atoms with Crippen LogP contribution < -0.4 is 5.32 Å². The molecule has 0 bridgehead atoms. The van der Waals surface area contributed by atoms with Gasteiger partial charge in [-0.15, -0.1) is 0 Å². The fourth-order valence-electron chi connectivity index (χ4n) is 2.96. The predicted octanol–water partition coefficient (Wildman–Crippen LogP) is 3.37. The van der Waals surface area contributed by atoms with E-state index in [0.717, 1.165) is 16.8 Å². The third-order valence-corrected chi connectivity index (χ3v) is 5.58. The summed E-state index contributed by atoms with van der Waals surface area (Å²) in [6, 6.07) is 14.4. The highest BCUT2D eigenvalue weighted by Crippen LogP contribution is 2.33. The summed E-state index contributed by atoms with van der Waals surface area (Å²) >= 11 is 7.10. The summed E-state index contributed by atoms with van der Waals surface area (Å²) < 4.78 is 0. The molecule has 0 radical (unpaired) electrons. The van der Waals surface area contributed by atoms with Crippen molar-refractivity contribution in [2.45, 2.75) is 19.5 Å². The van der Waals surface area contributed by atoms with Crippen LogP contribution in [0.1, 0.15) is 18.1 Å². The molecule has 1 unspecified atom stereocenters. The smallest absolute Gasteiger partial charge is 0.258 e. The van der Waals surface area contributed by atoms with Gasteiger partial charge in [0.1, 0.15) is 11.9 Å². The molecule has 2 heterocycles. The summed E-state index contributed by atoms with van der Waals surface area (Å²) in [7, 11) is 0. The van der Waals surface area contributed by atoms with Crippen LogP contribution in [0.5, 0.6) is 0 Å². The van der Waals surface area contributed by atoms with Crippen LogP contribution >= 0.6 is 23.4 Å². The molecule has 0 spiro atoms. The minimum atomic E-state index is -0.453. The van der Waals surface area contributed by atoms with E-state index in [2.05, 4.69) is 15.3 Å². The fourth-order valence-corrected chi connectivity index (χ4v) is 3.91. The van der Waals surface area contributed by atoms with Crippen molar-refractivity contribution in [2.24, 2.45) is 9.98 Å². The van der Waals surface area contributed by atoms with E-state index in [1.165, 1.54) is 16.7 Å². The zero-order valence-corrected chi connectivity index (χ0v) is 16.6. The van der Waals surface area contributed by atoms with Gasteiger partial charge in [-0.25, -0.2) is 9.89 Å². The first-order valence-electron chi connectivity index (χ1n) is 8.77. The Kier molecular flexibility index (Phi) is 5.19. The zero-order valence-electron chi connectivity index (χ0n) is 15.1. The second-order valence-electron chi connectivity index (χ2n) is 6.41. The topological polar surface area (TPSA) is 74.1 Å². The Morgan fingerprint density at radius 3 is 2.75 bits per heavy atom. The average molecular weight is 413 g/mol. The molecule has 2 aromatic carbocycles. The van der Waals surface area contributed by atoms with Gasteiger partial charge in [-0.3, -0.25) is 14.6 Å². The Morgan fingerprint density at radius 1 is 1.21 bits per heavy atom. The fraction of sp³-hybridized carbons (Fsp3) is 0.200. The van der Waals surface area contributed by atoms with Crippen molar-refractivity contribution in [1.29, 1.82) is 0 Å². The van der Waals surface area contributed by atoms with E-state index in [1.54, 1.807) is 19.1 Å². The highest BCUT2D eigenvalue weighted by Gasteiger charge is 2.39. The molecule has 0 saturated heterocycles. The number of hydrogen-bond acceptors (Lipinski definition) is 5. The molecule has 0 aromatic heterocycles. The minimum Gasteiger partial charge on any atom is -0.351 e. The number of halogens is 1. The lowest BCUT2D eigenvalue weighted by atomic mass is 10.1. The molecule has 2 aliphatic rings. The van der Waals surface area contributed by atoms with Gasteiger partial charge in [0.15, 0.2) is 5.17 Å². The van der Waals surface area contributed by atoms with Crippen LogP contribution in [0.3, 0.4) is 0 Å². The number of amides is 2. The van der Waals surface area contributed by atoms with Crippen molar-refractivity contribution < 1.29 is 9.59 Å². The van der Waals surface area contributed by atoms with Gasteiger partial charge in [0.25, 0.3) is 5.91 Å². The number of amidine groups is 2. The van der Waals surface area contributed by atoms with Gasteiger partial charge >= 0.3 is 0 Å². The maximum Gasteiger partial charge on any atom is 0.258 e. The van der Waals surface area contributed by atoms with Crippen molar-refractivity contribution >= 4 is 51.9 Å². The minimum absolute atomic E-state index is 0.127. The molecule has 2 aromatic rings. The van der Waals surface area contributed by atoms with Crippen molar-refractivity contribution in [1.82, 2.24) is 10.2 Å². The van der Waals surface area contributed by atoms with Gasteiger partial charge in [0, 0.05) is 17.1 Å². The highest BCUT2D eigenvalue weighted by molar-refractivity contribution is 8.14. The lowest BCUT2D eigenvalue weighted by molar-refractivity contribution is -0.124. The van der Waals surface area contributed by atoms with E-state index in [-0.39, 0.29) is 17.6 Å². The monoisotopic (exact) mass is 412 g/mol. The van der Waals surface area contributed by atoms with Crippen LogP contribution in [0, 0.1) is 0 Å². The third-order valence-electron chi connectivity index (χ3n) is 4.39. The number of carbonyl (C=O) groups is 2. The van der Waals surface area contributed by atoms with E-state index in [0.29, 0.717) is 22.6 Å². The van der Waals surface area contributed by atoms with E-state index < -0.39 is 6.04 Å². The number of benzene rings is 2. The van der Waals surface area contributed by atoms with Gasteiger partial charge in [-0.05, 0) is 36.8 Å². The quantitative estimate of drug-likeness (QED) is 0.836. The molecule has 142 valence electrons. The Bertz CT molecular complexity index is 1000. The molecule has 4 rings (SSSR count). The maximum atomic E-state index is 12.5. The van der Waals surface area contributed by atoms with Gasteiger partial charge < -0.3 is 5.32 Å². The van der Waals surface area contributed by atoms with Crippen molar-refractivity contribution in [3.05, 3.63) is 64.7 Å². The number of aliphatic imine (C=N–C) groups is 2. The number of thioether (sulfide) groups is 1. The molecule has 2 amide bonds. The number of fused-ring (bicyclic) bond motifs is 3. The van der Waals surface area contributed by atoms with Crippen LogP contribution in [-0.4, -0.2) is 39.5 Å². The van der Waals surface area contributed by atoms with E-state index in [9.17, 15) is 9.59 Å². The summed E-state index contributed by atoms with van der Waals surface area (Å²) in [5.74, 6) is 0.490. The summed E-state index contributed by atoms with van der Waals surface area (Å²) in [6.45, 7) is 2.18. The second-order valence-corrected chi connectivity index (χ2v) is 7.78.